The molecule has 19 heavy (non-hydrogen) atoms. The molecule has 0 aliphatic heterocycles. The van der Waals surface area contributed by atoms with Gasteiger partial charge in [-0.2, -0.15) is 0 Å². The van der Waals surface area contributed by atoms with Crippen molar-refractivity contribution in [3.8, 4) is 5.75 Å². The maximum Gasteiger partial charge on any atom is 0.120 e. The molecule has 0 atom stereocenters. The lowest BCUT2D eigenvalue weighted by Gasteiger charge is -2.18. The van der Waals surface area contributed by atoms with Crippen LogP contribution in [0.1, 0.15) is 45.1 Å². The SMILES string of the molecule is CC(C)Oc1cccc(CNC(C2CC2)C2CC2)c1. The van der Waals surface area contributed by atoms with Gasteiger partial charge in [-0.25, -0.2) is 0 Å². The van der Waals surface area contributed by atoms with E-state index in [9.17, 15) is 0 Å². The monoisotopic (exact) mass is 259 g/mol. The Bertz CT molecular complexity index is 409. The largest absolute Gasteiger partial charge is 0.491 e. The van der Waals surface area contributed by atoms with E-state index in [-0.39, 0.29) is 6.10 Å². The smallest absolute Gasteiger partial charge is 0.120 e. The molecule has 0 unspecified atom stereocenters. The van der Waals surface area contributed by atoms with Gasteiger partial charge in [0.25, 0.3) is 0 Å². The zero-order chi connectivity index (χ0) is 13.2. The Morgan fingerprint density at radius 1 is 1.16 bits per heavy atom. The van der Waals surface area contributed by atoms with Crippen LogP contribution in [0.25, 0.3) is 0 Å². The third kappa shape index (κ3) is 3.73. The molecule has 2 aliphatic rings. The van der Waals surface area contributed by atoms with Crippen molar-refractivity contribution in [1.29, 1.82) is 0 Å². The molecule has 2 fully saturated rings. The highest BCUT2D eigenvalue weighted by atomic mass is 16.5. The zero-order valence-electron chi connectivity index (χ0n) is 12.1. The van der Waals surface area contributed by atoms with E-state index in [0.717, 1.165) is 30.2 Å². The normalized spacial score (nSPS) is 19.2. The van der Waals surface area contributed by atoms with Crippen LogP contribution >= 0.6 is 0 Å². The van der Waals surface area contributed by atoms with Gasteiger partial charge in [-0.3, -0.25) is 0 Å². The molecule has 0 radical (unpaired) electrons. The minimum absolute atomic E-state index is 0.244. The van der Waals surface area contributed by atoms with Gasteiger partial charge in [0.05, 0.1) is 6.10 Å². The highest BCUT2D eigenvalue weighted by Crippen LogP contribution is 2.44. The van der Waals surface area contributed by atoms with Crippen LogP contribution in [0.5, 0.6) is 5.75 Å². The molecule has 2 saturated carbocycles. The maximum absolute atomic E-state index is 5.75. The molecule has 1 aromatic carbocycles. The summed E-state index contributed by atoms with van der Waals surface area (Å²) in [6.07, 6.45) is 5.99. The molecule has 2 aliphatic carbocycles. The Morgan fingerprint density at radius 2 is 1.84 bits per heavy atom. The minimum atomic E-state index is 0.244. The molecule has 1 N–H and O–H groups in total. The molecule has 0 aromatic heterocycles. The van der Waals surface area contributed by atoms with Crippen LogP contribution in [0.15, 0.2) is 24.3 Å². The van der Waals surface area contributed by atoms with Crippen LogP contribution in [-0.4, -0.2) is 12.1 Å². The van der Waals surface area contributed by atoms with Gasteiger partial charge >= 0.3 is 0 Å². The fourth-order valence-electron chi connectivity index (χ4n) is 2.87. The molecule has 0 heterocycles. The quantitative estimate of drug-likeness (QED) is 0.805. The van der Waals surface area contributed by atoms with Crippen LogP contribution < -0.4 is 10.1 Å². The van der Waals surface area contributed by atoms with Crippen molar-refractivity contribution in [2.75, 3.05) is 0 Å². The first-order valence-electron chi connectivity index (χ1n) is 7.71. The first-order chi connectivity index (χ1) is 9.22. The van der Waals surface area contributed by atoms with Crippen LogP contribution in [-0.2, 0) is 6.54 Å². The highest BCUT2D eigenvalue weighted by molar-refractivity contribution is 5.28. The summed E-state index contributed by atoms with van der Waals surface area (Å²) in [5.74, 6) is 2.91. The number of benzene rings is 1. The van der Waals surface area contributed by atoms with Crippen molar-refractivity contribution in [2.24, 2.45) is 11.8 Å². The molecule has 3 rings (SSSR count). The second kappa shape index (κ2) is 5.54. The number of hydrogen-bond donors (Lipinski definition) is 1. The van der Waals surface area contributed by atoms with Crippen LogP contribution in [0, 0.1) is 11.8 Å². The summed E-state index contributed by atoms with van der Waals surface area (Å²) in [6.45, 7) is 5.12. The molecule has 2 heteroatoms. The summed E-state index contributed by atoms with van der Waals surface area (Å²) < 4.78 is 5.75. The number of hydrogen-bond acceptors (Lipinski definition) is 2. The molecule has 2 nitrogen and oxygen atoms in total. The minimum Gasteiger partial charge on any atom is -0.491 e. The Balaban J connectivity index is 1.56. The van der Waals surface area contributed by atoms with Crippen molar-refractivity contribution in [3.63, 3.8) is 0 Å². The van der Waals surface area contributed by atoms with E-state index in [1.54, 1.807) is 0 Å². The lowest BCUT2D eigenvalue weighted by Crippen LogP contribution is -2.32. The van der Waals surface area contributed by atoms with E-state index in [0.29, 0.717) is 0 Å². The van der Waals surface area contributed by atoms with E-state index >= 15 is 0 Å². The van der Waals surface area contributed by atoms with E-state index < -0.39 is 0 Å². The Kier molecular flexibility index (Phi) is 3.79. The van der Waals surface area contributed by atoms with Crippen molar-refractivity contribution in [3.05, 3.63) is 29.8 Å². The number of rotatable bonds is 7. The van der Waals surface area contributed by atoms with E-state index in [1.807, 2.05) is 6.07 Å². The first kappa shape index (κ1) is 13.0. The standard InChI is InChI=1S/C17H25NO/c1-12(2)19-16-5-3-4-13(10-16)11-18-17(14-6-7-14)15-8-9-15/h3-5,10,12,14-15,17-18H,6-9,11H2,1-2H3. The molecule has 0 amide bonds. The lowest BCUT2D eigenvalue weighted by molar-refractivity contribution is 0.242. The van der Waals surface area contributed by atoms with Crippen LogP contribution in [0.3, 0.4) is 0 Å². The molecular formula is C17H25NO. The van der Waals surface area contributed by atoms with Gasteiger partial charge < -0.3 is 10.1 Å². The van der Waals surface area contributed by atoms with Gasteiger partial charge in [-0.15, -0.1) is 0 Å². The summed E-state index contributed by atoms with van der Waals surface area (Å²) >= 11 is 0. The predicted molar refractivity (Wildman–Crippen MR) is 78.3 cm³/mol. The number of nitrogens with one attached hydrogen (secondary N) is 1. The molecule has 1 aromatic rings. The topological polar surface area (TPSA) is 21.3 Å². The number of ether oxygens (including phenoxy) is 1. The Morgan fingerprint density at radius 3 is 2.42 bits per heavy atom. The van der Waals surface area contributed by atoms with Gasteiger partial charge in [-0.05, 0) is 69.1 Å². The zero-order valence-corrected chi connectivity index (χ0v) is 12.1. The van der Waals surface area contributed by atoms with Crippen LogP contribution in [0.4, 0.5) is 0 Å². The van der Waals surface area contributed by atoms with Gasteiger partial charge in [0.2, 0.25) is 0 Å². The summed E-state index contributed by atoms with van der Waals surface area (Å²) in [5, 5.41) is 3.78. The van der Waals surface area contributed by atoms with Crippen molar-refractivity contribution in [2.45, 2.75) is 58.2 Å². The first-order valence-corrected chi connectivity index (χ1v) is 7.71. The van der Waals surface area contributed by atoms with Gasteiger partial charge in [0, 0.05) is 12.6 Å². The highest BCUT2D eigenvalue weighted by Gasteiger charge is 2.40. The fourth-order valence-corrected chi connectivity index (χ4v) is 2.87. The molecular weight excluding hydrogens is 234 g/mol. The third-order valence-electron chi connectivity index (χ3n) is 4.07. The summed E-state index contributed by atoms with van der Waals surface area (Å²) in [4.78, 5) is 0. The molecule has 0 saturated heterocycles. The van der Waals surface area contributed by atoms with Gasteiger partial charge in [0.15, 0.2) is 0 Å². The second-order valence-corrected chi connectivity index (χ2v) is 6.40. The van der Waals surface area contributed by atoms with Gasteiger partial charge in [-0.1, -0.05) is 12.1 Å². The van der Waals surface area contributed by atoms with Crippen molar-refractivity contribution < 1.29 is 4.74 Å². The van der Waals surface area contributed by atoms with Crippen LogP contribution in [0.2, 0.25) is 0 Å². The van der Waals surface area contributed by atoms with E-state index in [4.69, 9.17) is 4.74 Å². The molecule has 104 valence electrons. The average Bonchev–Trinajstić information content (AvgIpc) is 3.24. The summed E-state index contributed by atoms with van der Waals surface area (Å²) in [6, 6.07) is 9.27. The van der Waals surface area contributed by atoms with E-state index in [2.05, 4.69) is 37.4 Å². The molecule has 0 spiro atoms. The maximum atomic E-state index is 5.75. The summed E-state index contributed by atoms with van der Waals surface area (Å²) in [7, 11) is 0. The fraction of sp³-hybridized carbons (Fsp3) is 0.647. The van der Waals surface area contributed by atoms with E-state index in [1.165, 1.54) is 31.2 Å². The average molecular weight is 259 g/mol. The van der Waals surface area contributed by atoms with Gasteiger partial charge in [0.1, 0.15) is 5.75 Å². The van der Waals surface area contributed by atoms with Crippen molar-refractivity contribution in [1.82, 2.24) is 5.32 Å². The summed E-state index contributed by atoms with van der Waals surface area (Å²) in [5.41, 5.74) is 1.34. The Labute approximate surface area is 116 Å². The lowest BCUT2D eigenvalue weighted by atomic mass is 10.1. The van der Waals surface area contributed by atoms with Crippen molar-refractivity contribution >= 4 is 0 Å². The predicted octanol–water partition coefficient (Wildman–Crippen LogP) is 3.75. The molecule has 0 bridgehead atoms. The third-order valence-corrected chi connectivity index (χ3v) is 4.07. The second-order valence-electron chi connectivity index (χ2n) is 6.40. The Hall–Kier alpha value is -1.02.